The second-order valence-electron chi connectivity index (χ2n) is 17.7. The maximum absolute atomic E-state index is 2.47. The van der Waals surface area contributed by atoms with Gasteiger partial charge in [-0.3, -0.25) is 0 Å². The molecule has 2 aromatic heterocycles. The largest absolute Gasteiger partial charge is 0.310 e. The molecule has 13 rings (SSSR count). The molecule has 3 nitrogen and oxygen atoms in total. The first-order valence-electron chi connectivity index (χ1n) is 23.7. The normalized spacial score (nSPS) is 11.5. The summed E-state index contributed by atoms with van der Waals surface area (Å²) in [6, 6.07) is 99.3. The highest BCUT2D eigenvalue weighted by atomic mass is 15.1. The van der Waals surface area contributed by atoms with E-state index in [4.69, 9.17) is 0 Å². The van der Waals surface area contributed by atoms with Gasteiger partial charge in [-0.15, -0.1) is 0 Å². The fourth-order valence-corrected chi connectivity index (χ4v) is 10.6. The van der Waals surface area contributed by atoms with Crippen LogP contribution in [0.15, 0.2) is 273 Å². The van der Waals surface area contributed by atoms with Crippen LogP contribution in [0.2, 0.25) is 0 Å². The number of hydrogen-bond acceptors (Lipinski definition) is 1. The molecular weight excluding hydrogens is 835 g/mol. The number of benzene rings is 11. The van der Waals surface area contributed by atoms with Crippen LogP contribution >= 0.6 is 0 Å². The smallest absolute Gasteiger partial charge is 0.0561 e. The lowest BCUT2D eigenvalue weighted by molar-refractivity contribution is 1.18. The molecule has 3 heteroatoms. The number of fused-ring (bicyclic) bond motifs is 6. The summed E-state index contributed by atoms with van der Waals surface area (Å²) < 4.78 is 4.80. The van der Waals surface area contributed by atoms with E-state index in [0.717, 1.165) is 56.2 Å². The Balaban J connectivity index is 1.03. The van der Waals surface area contributed by atoms with Crippen molar-refractivity contribution in [1.82, 2.24) is 9.13 Å². The highest BCUT2D eigenvalue weighted by molar-refractivity contribution is 6.11. The molecule has 0 unspecified atom stereocenters. The molecule has 13 aromatic rings. The van der Waals surface area contributed by atoms with Gasteiger partial charge in [0.2, 0.25) is 0 Å². The predicted octanol–water partition coefficient (Wildman–Crippen LogP) is 18.0. The van der Waals surface area contributed by atoms with Crippen molar-refractivity contribution in [3.63, 3.8) is 0 Å². The second kappa shape index (κ2) is 16.9. The molecule has 0 radical (unpaired) electrons. The first kappa shape index (κ1) is 40.1. The molecule has 324 valence electrons. The Kier molecular flexibility index (Phi) is 9.84. The lowest BCUT2D eigenvalue weighted by Gasteiger charge is -2.30. The van der Waals surface area contributed by atoms with Crippen LogP contribution < -0.4 is 4.90 Å². The highest BCUT2D eigenvalue weighted by Gasteiger charge is 2.24. The van der Waals surface area contributed by atoms with Crippen molar-refractivity contribution in [2.24, 2.45) is 0 Å². The molecule has 0 N–H and O–H groups in total. The Morgan fingerprint density at radius 3 is 1.33 bits per heavy atom. The topological polar surface area (TPSA) is 13.1 Å². The number of anilines is 3. The summed E-state index contributed by atoms with van der Waals surface area (Å²) in [6.07, 6.45) is 0. The van der Waals surface area contributed by atoms with E-state index in [1.54, 1.807) is 0 Å². The third-order valence-electron chi connectivity index (χ3n) is 13.7. The van der Waals surface area contributed by atoms with Crippen LogP contribution in [-0.2, 0) is 0 Å². The van der Waals surface area contributed by atoms with Crippen molar-refractivity contribution in [3.8, 4) is 55.9 Å². The molecule has 2 heterocycles. The van der Waals surface area contributed by atoms with Gasteiger partial charge in [0.1, 0.15) is 0 Å². The van der Waals surface area contributed by atoms with Crippen LogP contribution in [0.4, 0.5) is 17.1 Å². The standard InChI is InChI=1S/C66H45N3/c1-4-20-47(21-5-1)54-28-10-11-32-60(54)66-55(48-22-6-2-7-23-48)33-19-37-64(66)67(53-42-43-59-58-31-14-15-34-61(58)68(65(59)45-53)50-25-8-3-9-26-50)51-40-38-46(39-41-51)49-24-18-27-52(44-49)69-62-35-16-12-29-56(62)57-30-13-17-36-63(57)69/h1-45H. The summed E-state index contributed by atoms with van der Waals surface area (Å²) in [6.45, 7) is 0. The quantitative estimate of drug-likeness (QED) is 0.141. The molecule has 11 aromatic carbocycles. The first-order chi connectivity index (χ1) is 34.3. The van der Waals surface area contributed by atoms with Gasteiger partial charge in [-0.2, -0.15) is 0 Å². The summed E-state index contributed by atoms with van der Waals surface area (Å²) in [5, 5.41) is 4.95. The van der Waals surface area contributed by atoms with E-state index in [1.807, 2.05) is 0 Å². The zero-order chi connectivity index (χ0) is 45.7. The monoisotopic (exact) mass is 879 g/mol. The molecular formula is C66H45N3. The Morgan fingerprint density at radius 2 is 0.696 bits per heavy atom. The van der Waals surface area contributed by atoms with Crippen LogP contribution in [0.25, 0.3) is 99.5 Å². The van der Waals surface area contributed by atoms with Crippen molar-refractivity contribution >= 4 is 60.7 Å². The van der Waals surface area contributed by atoms with E-state index in [1.165, 1.54) is 60.3 Å². The zero-order valence-electron chi connectivity index (χ0n) is 37.8. The Labute approximate surface area is 401 Å². The summed E-state index contributed by atoms with van der Waals surface area (Å²) in [5.74, 6) is 0. The number of aromatic nitrogens is 2. The van der Waals surface area contributed by atoms with Gasteiger partial charge in [-0.1, -0.05) is 200 Å². The molecule has 0 fully saturated rings. The minimum atomic E-state index is 1.06. The Bertz CT molecular complexity index is 3940. The number of hydrogen-bond donors (Lipinski definition) is 0. The molecule has 0 bridgehead atoms. The van der Waals surface area contributed by atoms with Crippen molar-refractivity contribution in [3.05, 3.63) is 273 Å². The molecule has 0 aliphatic heterocycles. The summed E-state index contributed by atoms with van der Waals surface area (Å²) in [5.41, 5.74) is 19.5. The average molecular weight is 880 g/mol. The third kappa shape index (κ3) is 6.91. The van der Waals surface area contributed by atoms with Crippen molar-refractivity contribution in [1.29, 1.82) is 0 Å². The van der Waals surface area contributed by atoms with Gasteiger partial charge < -0.3 is 14.0 Å². The van der Waals surface area contributed by atoms with Crippen LogP contribution in [0.1, 0.15) is 0 Å². The van der Waals surface area contributed by atoms with Gasteiger partial charge in [0.15, 0.2) is 0 Å². The van der Waals surface area contributed by atoms with E-state index in [2.05, 4.69) is 287 Å². The van der Waals surface area contributed by atoms with E-state index in [-0.39, 0.29) is 0 Å². The van der Waals surface area contributed by atoms with Crippen molar-refractivity contribution in [2.75, 3.05) is 4.90 Å². The van der Waals surface area contributed by atoms with E-state index >= 15 is 0 Å². The average Bonchev–Trinajstić information content (AvgIpc) is 3.95. The molecule has 0 saturated heterocycles. The van der Waals surface area contributed by atoms with Crippen molar-refractivity contribution in [2.45, 2.75) is 0 Å². The van der Waals surface area contributed by atoms with Gasteiger partial charge in [0.05, 0.1) is 27.8 Å². The van der Waals surface area contributed by atoms with E-state index in [0.29, 0.717) is 0 Å². The molecule has 0 atom stereocenters. The van der Waals surface area contributed by atoms with Gasteiger partial charge >= 0.3 is 0 Å². The number of rotatable bonds is 9. The fourth-order valence-electron chi connectivity index (χ4n) is 10.6. The maximum atomic E-state index is 2.47. The molecule has 0 spiro atoms. The lowest BCUT2D eigenvalue weighted by Crippen LogP contribution is -2.12. The molecule has 0 aliphatic carbocycles. The van der Waals surface area contributed by atoms with Gasteiger partial charge in [0, 0.05) is 49.9 Å². The molecule has 0 saturated carbocycles. The van der Waals surface area contributed by atoms with Gasteiger partial charge in [-0.25, -0.2) is 0 Å². The minimum absolute atomic E-state index is 1.06. The van der Waals surface area contributed by atoms with Gasteiger partial charge in [0.25, 0.3) is 0 Å². The Morgan fingerprint density at radius 1 is 0.246 bits per heavy atom. The van der Waals surface area contributed by atoms with Crippen LogP contribution in [0, 0.1) is 0 Å². The summed E-state index contributed by atoms with van der Waals surface area (Å²) in [7, 11) is 0. The molecule has 0 amide bonds. The van der Waals surface area contributed by atoms with E-state index in [9.17, 15) is 0 Å². The van der Waals surface area contributed by atoms with Crippen LogP contribution in [0.3, 0.4) is 0 Å². The SMILES string of the molecule is c1ccc(-c2ccccc2-c2c(-c3ccccc3)cccc2N(c2ccc(-c3cccc(-n4c5ccccc5c5ccccc54)c3)cc2)c2ccc3c4ccccc4n(-c4ccccc4)c3c2)cc1. The maximum Gasteiger partial charge on any atom is 0.0561 e. The highest BCUT2D eigenvalue weighted by Crippen LogP contribution is 2.49. The van der Waals surface area contributed by atoms with Gasteiger partial charge in [-0.05, 0) is 112 Å². The number of nitrogens with zero attached hydrogens (tertiary/aromatic N) is 3. The zero-order valence-corrected chi connectivity index (χ0v) is 37.8. The number of para-hydroxylation sites is 4. The van der Waals surface area contributed by atoms with E-state index < -0.39 is 0 Å². The fraction of sp³-hybridized carbons (Fsp3) is 0. The van der Waals surface area contributed by atoms with Crippen LogP contribution in [-0.4, -0.2) is 9.13 Å². The summed E-state index contributed by atoms with van der Waals surface area (Å²) in [4.78, 5) is 2.47. The predicted molar refractivity (Wildman–Crippen MR) is 292 cm³/mol. The minimum Gasteiger partial charge on any atom is -0.310 e. The first-order valence-corrected chi connectivity index (χ1v) is 23.7. The van der Waals surface area contributed by atoms with Crippen molar-refractivity contribution < 1.29 is 0 Å². The Hall–Kier alpha value is -9.18. The molecule has 0 aliphatic rings. The lowest BCUT2D eigenvalue weighted by atomic mass is 9.87. The third-order valence-corrected chi connectivity index (χ3v) is 13.7. The second-order valence-corrected chi connectivity index (χ2v) is 17.7. The summed E-state index contributed by atoms with van der Waals surface area (Å²) >= 11 is 0. The van der Waals surface area contributed by atoms with Crippen LogP contribution in [0.5, 0.6) is 0 Å². The molecule has 69 heavy (non-hydrogen) atoms.